The highest BCUT2D eigenvalue weighted by Gasteiger charge is 2.32. The maximum Gasteiger partial charge on any atom is 0.338 e. The molecule has 1 aliphatic heterocycles. The van der Waals surface area contributed by atoms with Gasteiger partial charge in [-0.15, -0.1) is 0 Å². The van der Waals surface area contributed by atoms with Crippen molar-refractivity contribution < 1.29 is 48.8 Å². The van der Waals surface area contributed by atoms with E-state index >= 15 is 0 Å². The van der Waals surface area contributed by atoms with Crippen LogP contribution >= 0.6 is 0 Å². The van der Waals surface area contributed by atoms with E-state index in [2.05, 4.69) is 15.0 Å². The molecule has 8 bridgehead atoms. The Kier molecular flexibility index (Phi) is 9.93. The first-order chi connectivity index (χ1) is 30.0. The topological polar surface area (TPSA) is 253 Å². The minimum absolute atomic E-state index is 0.00445. The van der Waals surface area contributed by atoms with Crippen molar-refractivity contribution in [1.29, 1.82) is 0 Å². The number of rotatable bonds is 8. The fourth-order valence-corrected chi connectivity index (χ4v) is 10.1. The lowest BCUT2D eigenvalue weighted by atomic mass is 9.93. The van der Waals surface area contributed by atoms with E-state index in [4.69, 9.17) is 0 Å². The van der Waals surface area contributed by atoms with Crippen LogP contribution in [0, 0.1) is 0 Å². The van der Waals surface area contributed by atoms with E-state index in [1.165, 1.54) is 65.2 Å². The maximum absolute atomic E-state index is 14.3. The molecule has 0 saturated carbocycles. The summed E-state index contributed by atoms with van der Waals surface area (Å²) < 4.78 is 113. The number of hydrogen-bond donors (Lipinski definition) is 7. The number of H-pyrrole nitrogens is 3. The molecule has 0 unspecified atom stereocenters. The van der Waals surface area contributed by atoms with E-state index in [1.54, 1.807) is 60.7 Å². The first kappa shape index (κ1) is 41.1. The molecule has 0 atom stereocenters. The number of benzene rings is 4. The quantitative estimate of drug-likeness (QED) is 0.106. The number of carbonyl (C=O) groups is 1. The summed E-state index contributed by atoms with van der Waals surface area (Å²) in [6, 6.07) is 32.6. The van der Waals surface area contributed by atoms with Crippen LogP contribution in [0.3, 0.4) is 0 Å². The molecule has 1 aliphatic rings. The Morgan fingerprint density at radius 2 is 1.03 bits per heavy atom. The zero-order valence-electron chi connectivity index (χ0n) is 32.3. The average Bonchev–Trinajstić information content (AvgIpc) is 4.04. The van der Waals surface area contributed by atoms with Crippen LogP contribution in [-0.4, -0.2) is 69.5 Å². The first-order valence-corrected chi connectivity index (χ1v) is 23.1. The number of aromatic amines is 3. The molecule has 0 amide bonds. The average molecular weight is 901 g/mol. The summed E-state index contributed by atoms with van der Waals surface area (Å²) in [5.41, 5.74) is 0.0124. The minimum Gasteiger partial charge on any atom is -0.478 e. The molecule has 0 saturated heterocycles. The number of nitrogens with one attached hydrogen (secondary N) is 3. The summed E-state index contributed by atoms with van der Waals surface area (Å²) in [5.74, 6) is -1.57. The van der Waals surface area contributed by atoms with Crippen LogP contribution in [0.15, 0.2) is 148 Å². The molecule has 5 heterocycles. The lowest BCUT2D eigenvalue weighted by Crippen LogP contribution is -2.31. The van der Waals surface area contributed by atoms with Crippen LogP contribution in [0.25, 0.3) is 51.7 Å². The van der Waals surface area contributed by atoms with E-state index < -0.39 is 56.6 Å². The Hall–Kier alpha value is -7.32. The summed E-state index contributed by atoms with van der Waals surface area (Å²) in [6.07, 6.45) is 5.03. The third-order valence-electron chi connectivity index (χ3n) is 10.5. The van der Waals surface area contributed by atoms with Crippen molar-refractivity contribution in [3.05, 3.63) is 189 Å². The summed E-state index contributed by atoms with van der Waals surface area (Å²) in [5, 5.41) is 12.4. The molecule has 0 fully saturated rings. The number of hydrogen-bond acceptors (Lipinski definition) is 7. The molecule has 9 rings (SSSR count). The van der Waals surface area contributed by atoms with Crippen LogP contribution < -0.4 is 21.4 Å². The van der Waals surface area contributed by atoms with Crippen molar-refractivity contribution in [3.63, 3.8) is 0 Å². The summed E-state index contributed by atoms with van der Waals surface area (Å²) in [7, 11) is -15.2. The maximum atomic E-state index is 14.3. The van der Waals surface area contributed by atoms with Crippen LogP contribution in [0.1, 0.15) is 38.7 Å². The molecule has 63 heavy (non-hydrogen) atoms. The largest absolute Gasteiger partial charge is 0.478 e. The van der Waals surface area contributed by atoms with Crippen molar-refractivity contribution in [2.45, 2.75) is 14.7 Å². The zero-order chi connectivity index (χ0) is 44.4. The van der Waals surface area contributed by atoms with Gasteiger partial charge in [0.25, 0.3) is 30.4 Å². The molecule has 0 spiro atoms. The number of carboxylic acids is 1. The summed E-state index contributed by atoms with van der Waals surface area (Å²) in [4.78, 5) is 22.1. The normalized spacial score (nSPS) is 12.9. The predicted molar refractivity (Wildman–Crippen MR) is 233 cm³/mol. The Bertz CT molecular complexity index is 3810. The van der Waals surface area contributed by atoms with Gasteiger partial charge < -0.3 is 24.6 Å². The smallest absolute Gasteiger partial charge is 0.338 e. The minimum atomic E-state index is -5.17. The van der Waals surface area contributed by atoms with Crippen LogP contribution in [0.2, 0.25) is 0 Å². The number of para-hydroxylation sites is 1. The number of aromatic nitrogens is 4. The van der Waals surface area contributed by atoms with Gasteiger partial charge in [-0.1, -0.05) is 78.9 Å². The highest BCUT2D eigenvalue weighted by Crippen LogP contribution is 2.38. The third-order valence-corrected chi connectivity index (χ3v) is 13.2. The van der Waals surface area contributed by atoms with Crippen molar-refractivity contribution >= 4 is 60.1 Å². The van der Waals surface area contributed by atoms with Gasteiger partial charge in [-0.25, -0.2) is 4.79 Å². The van der Waals surface area contributed by atoms with Crippen molar-refractivity contribution in [2.24, 2.45) is 0 Å². The Balaban J connectivity index is 1.69. The van der Waals surface area contributed by atoms with Crippen molar-refractivity contribution in [3.8, 4) is 27.9 Å². The molecule has 7 N–H and O–H groups in total. The Labute approximate surface area is 358 Å². The monoisotopic (exact) mass is 900 g/mol. The van der Waals surface area contributed by atoms with Gasteiger partial charge in [0.2, 0.25) is 0 Å². The summed E-state index contributed by atoms with van der Waals surface area (Å²) in [6.45, 7) is 0. The van der Waals surface area contributed by atoms with E-state index in [1.807, 2.05) is 12.1 Å². The number of fused-ring (bicyclic) bond motifs is 8. The van der Waals surface area contributed by atoms with Gasteiger partial charge in [0.15, 0.2) is 0 Å². The van der Waals surface area contributed by atoms with Gasteiger partial charge in [-0.05, 0) is 78.4 Å². The molecule has 0 aliphatic carbocycles. The molecule has 8 aromatic rings. The standard InChI is InChI=1S/C45H32N4O11S3/c50-45(51)42-40(26-10-2-1-3-11-26)36-25-30-21-20-28(47-30)22-27-18-19-29(46-27)23-31-24-34(32-12-4-7-15-37(32)61(52,53)54)43(48-31)41(33-13-5-8-16-38(33)62(55,56)57)44(42)49(36)35-14-6-9-17-39(35)63(58,59)60/h1-25,46-48H,(H,50,51)(H,52,53,54)(H,55,56,57)(H,58,59,60). The van der Waals surface area contributed by atoms with Gasteiger partial charge in [0.05, 0.1) is 27.6 Å². The molecular weight excluding hydrogens is 869 g/mol. The molecule has 316 valence electrons. The lowest BCUT2D eigenvalue weighted by Gasteiger charge is -2.17. The second-order valence-corrected chi connectivity index (χ2v) is 18.6. The van der Waals surface area contributed by atoms with E-state index in [9.17, 15) is 48.8 Å². The first-order valence-electron chi connectivity index (χ1n) is 18.8. The second kappa shape index (κ2) is 15.2. The van der Waals surface area contributed by atoms with Gasteiger partial charge in [0.1, 0.15) is 14.7 Å². The molecule has 15 nitrogen and oxygen atoms in total. The third kappa shape index (κ3) is 7.56. The van der Waals surface area contributed by atoms with Crippen molar-refractivity contribution in [2.75, 3.05) is 0 Å². The number of carboxylic acid groups (broad SMARTS) is 1. The van der Waals surface area contributed by atoms with Gasteiger partial charge in [-0.2, -0.15) is 25.3 Å². The second-order valence-electron chi connectivity index (χ2n) is 14.4. The fourth-order valence-electron chi connectivity index (χ4n) is 8.01. The predicted octanol–water partition coefficient (Wildman–Crippen LogP) is 4.28. The van der Waals surface area contributed by atoms with Gasteiger partial charge >= 0.3 is 5.97 Å². The molecule has 4 aromatic carbocycles. The van der Waals surface area contributed by atoms with E-state index in [0.717, 1.165) is 18.2 Å². The molecule has 4 aromatic heterocycles. The Morgan fingerprint density at radius 1 is 0.508 bits per heavy atom. The highest BCUT2D eigenvalue weighted by molar-refractivity contribution is 7.86. The highest BCUT2D eigenvalue weighted by atomic mass is 32.2. The van der Waals surface area contributed by atoms with E-state index in [0.29, 0.717) is 27.6 Å². The fraction of sp³-hybridized carbons (Fsp3) is 0. The van der Waals surface area contributed by atoms with Crippen LogP contribution in [0.5, 0.6) is 0 Å². The number of aromatic carboxylic acids is 1. The molecule has 0 radical (unpaired) electrons. The van der Waals surface area contributed by atoms with E-state index in [-0.39, 0.29) is 55.6 Å². The zero-order valence-corrected chi connectivity index (χ0v) is 34.7. The SMILES string of the molecule is O=C(O)c1c(-c2ccccc2)c2n(-c3ccccc3S(=O)(=O)O)c1=C(c1ccccc1S(=O)(=O)O)c1[nH]c(cc1-c1ccccc1S(=O)(=O)O)C=c1ccc([nH]1)=Cc1ccc([nH]1)C=2. The lowest BCUT2D eigenvalue weighted by molar-refractivity contribution is 0.0696. The summed E-state index contributed by atoms with van der Waals surface area (Å²) >= 11 is 0. The Morgan fingerprint density at radius 3 is 1.65 bits per heavy atom. The van der Waals surface area contributed by atoms with Gasteiger partial charge in [0, 0.05) is 55.6 Å². The van der Waals surface area contributed by atoms with Crippen LogP contribution in [0.4, 0.5) is 0 Å². The van der Waals surface area contributed by atoms with Crippen LogP contribution in [-0.2, 0) is 30.4 Å². The molecule has 18 heteroatoms. The van der Waals surface area contributed by atoms with Gasteiger partial charge in [-0.3, -0.25) is 13.7 Å². The molecular formula is C45H32N4O11S3. The van der Waals surface area contributed by atoms with Crippen molar-refractivity contribution in [1.82, 2.24) is 19.5 Å². The number of nitrogens with zero attached hydrogens (tertiary/aromatic N) is 1.